The van der Waals surface area contributed by atoms with Gasteiger partial charge in [0.1, 0.15) is 0 Å². The first-order valence-electron chi connectivity index (χ1n) is 6.14. The quantitative estimate of drug-likeness (QED) is 0.839. The van der Waals surface area contributed by atoms with Crippen LogP contribution >= 0.6 is 12.2 Å². The summed E-state index contributed by atoms with van der Waals surface area (Å²) in [4.78, 5) is 0. The Hall–Kier alpha value is -1.75. The Morgan fingerprint density at radius 1 is 1.17 bits per heavy atom. The lowest BCUT2D eigenvalue weighted by Gasteiger charge is -2.02. The molecular formula is C13H14N4S. The molecule has 5 heteroatoms. The molecule has 0 saturated heterocycles. The molecule has 18 heavy (non-hydrogen) atoms. The van der Waals surface area contributed by atoms with Crippen molar-refractivity contribution in [1.29, 1.82) is 0 Å². The van der Waals surface area contributed by atoms with Crippen LogP contribution in [0.15, 0.2) is 35.4 Å². The predicted molar refractivity (Wildman–Crippen MR) is 74.1 cm³/mol. The van der Waals surface area contributed by atoms with Crippen molar-refractivity contribution < 1.29 is 0 Å². The number of hydrogen-bond donors (Lipinski definition) is 1. The normalized spacial score (nSPS) is 15.0. The summed E-state index contributed by atoms with van der Waals surface area (Å²) in [5, 5.41) is 11.7. The van der Waals surface area contributed by atoms with Gasteiger partial charge in [0.15, 0.2) is 5.82 Å². The smallest absolute Gasteiger partial charge is 0.216 e. The van der Waals surface area contributed by atoms with Crippen LogP contribution in [-0.2, 0) is 0 Å². The first-order chi connectivity index (χ1) is 8.84. The van der Waals surface area contributed by atoms with Crippen LogP contribution in [0.4, 0.5) is 0 Å². The number of benzene rings is 1. The Morgan fingerprint density at radius 2 is 1.89 bits per heavy atom. The molecule has 0 amide bonds. The van der Waals surface area contributed by atoms with Crippen LogP contribution in [0.2, 0.25) is 0 Å². The molecule has 0 bridgehead atoms. The van der Waals surface area contributed by atoms with Crippen molar-refractivity contribution in [3.05, 3.63) is 35.1 Å². The highest BCUT2D eigenvalue weighted by atomic mass is 32.1. The summed E-state index contributed by atoms with van der Waals surface area (Å²) in [5.74, 6) is 0.778. The molecule has 1 saturated carbocycles. The molecule has 1 N–H and O–H groups in total. The van der Waals surface area contributed by atoms with Gasteiger partial charge in [0.05, 0.1) is 0 Å². The van der Waals surface area contributed by atoms with Crippen molar-refractivity contribution in [1.82, 2.24) is 14.9 Å². The molecular weight excluding hydrogens is 244 g/mol. The summed E-state index contributed by atoms with van der Waals surface area (Å²) >= 11 is 5.25. The number of nitrogens with zero attached hydrogens (tertiary/aromatic N) is 3. The van der Waals surface area contributed by atoms with Gasteiger partial charge in [0, 0.05) is 11.3 Å². The van der Waals surface area contributed by atoms with Crippen molar-refractivity contribution in [2.24, 2.45) is 5.10 Å². The van der Waals surface area contributed by atoms with Gasteiger partial charge in [-0.3, -0.25) is 0 Å². The maximum Gasteiger partial charge on any atom is 0.216 e. The van der Waals surface area contributed by atoms with Gasteiger partial charge in [-0.05, 0) is 37.9 Å². The molecule has 2 aromatic rings. The number of nitrogens with one attached hydrogen (secondary N) is 1. The van der Waals surface area contributed by atoms with E-state index in [0.29, 0.717) is 4.77 Å². The number of hydrogen-bond acceptors (Lipinski definition) is 3. The number of aromatic nitrogens is 3. The molecule has 0 radical (unpaired) electrons. The molecule has 0 atom stereocenters. The first-order valence-corrected chi connectivity index (χ1v) is 6.55. The van der Waals surface area contributed by atoms with E-state index in [2.05, 4.69) is 15.3 Å². The van der Waals surface area contributed by atoms with E-state index in [1.807, 2.05) is 30.3 Å². The SMILES string of the molecule is S=c1[nH]nc(-c2ccccc2)n1N=C1CCCC1. The fourth-order valence-electron chi connectivity index (χ4n) is 2.18. The van der Waals surface area contributed by atoms with Gasteiger partial charge in [0.2, 0.25) is 4.77 Å². The van der Waals surface area contributed by atoms with Crippen LogP contribution in [0, 0.1) is 4.77 Å². The third-order valence-electron chi connectivity index (χ3n) is 3.10. The van der Waals surface area contributed by atoms with Crippen molar-refractivity contribution in [3.8, 4) is 11.4 Å². The van der Waals surface area contributed by atoms with Gasteiger partial charge in [-0.2, -0.15) is 14.9 Å². The van der Waals surface area contributed by atoms with Crippen molar-refractivity contribution in [2.75, 3.05) is 0 Å². The van der Waals surface area contributed by atoms with Gasteiger partial charge >= 0.3 is 0 Å². The van der Waals surface area contributed by atoms with Gasteiger partial charge in [-0.1, -0.05) is 30.3 Å². The van der Waals surface area contributed by atoms with Gasteiger partial charge in [-0.25, -0.2) is 5.10 Å². The predicted octanol–water partition coefficient (Wildman–Crippen LogP) is 3.39. The van der Waals surface area contributed by atoms with Crippen molar-refractivity contribution in [3.63, 3.8) is 0 Å². The maximum atomic E-state index is 5.25. The Labute approximate surface area is 110 Å². The minimum absolute atomic E-state index is 0.549. The van der Waals surface area contributed by atoms with E-state index in [-0.39, 0.29) is 0 Å². The van der Waals surface area contributed by atoms with Gasteiger partial charge in [-0.15, -0.1) is 0 Å². The first kappa shape index (κ1) is 11.3. The highest BCUT2D eigenvalue weighted by Gasteiger charge is 2.12. The lowest BCUT2D eigenvalue weighted by molar-refractivity contribution is 0.856. The van der Waals surface area contributed by atoms with Crippen molar-refractivity contribution >= 4 is 17.9 Å². The van der Waals surface area contributed by atoms with Crippen LogP contribution < -0.4 is 0 Å². The highest BCUT2D eigenvalue weighted by Crippen LogP contribution is 2.19. The summed E-state index contributed by atoms with van der Waals surface area (Å²) in [6, 6.07) is 9.98. The zero-order chi connectivity index (χ0) is 12.4. The van der Waals surface area contributed by atoms with Gasteiger partial charge < -0.3 is 0 Å². The lowest BCUT2D eigenvalue weighted by Crippen LogP contribution is -1.99. The van der Waals surface area contributed by atoms with E-state index in [9.17, 15) is 0 Å². The molecule has 0 aliphatic heterocycles. The molecule has 0 spiro atoms. The fourth-order valence-corrected chi connectivity index (χ4v) is 2.36. The molecule has 1 heterocycles. The second kappa shape index (κ2) is 4.86. The maximum absolute atomic E-state index is 5.25. The van der Waals surface area contributed by atoms with Crippen LogP contribution in [0.3, 0.4) is 0 Å². The summed E-state index contributed by atoms with van der Waals surface area (Å²) in [6.07, 6.45) is 4.59. The van der Waals surface area contributed by atoms with Gasteiger partial charge in [0.25, 0.3) is 0 Å². The topological polar surface area (TPSA) is 46.0 Å². The van der Waals surface area contributed by atoms with Crippen LogP contribution in [0.1, 0.15) is 25.7 Å². The Balaban J connectivity index is 2.07. The summed E-state index contributed by atoms with van der Waals surface area (Å²) in [5.41, 5.74) is 2.23. The molecule has 0 unspecified atom stereocenters. The summed E-state index contributed by atoms with van der Waals surface area (Å²) in [6.45, 7) is 0. The number of aromatic amines is 1. The van der Waals surface area contributed by atoms with E-state index in [1.165, 1.54) is 18.6 Å². The minimum atomic E-state index is 0.549. The molecule has 1 aromatic carbocycles. The molecule has 1 aliphatic carbocycles. The third-order valence-corrected chi connectivity index (χ3v) is 3.37. The Morgan fingerprint density at radius 3 is 2.61 bits per heavy atom. The molecule has 4 nitrogen and oxygen atoms in total. The summed E-state index contributed by atoms with van der Waals surface area (Å²) in [7, 11) is 0. The summed E-state index contributed by atoms with van der Waals surface area (Å²) < 4.78 is 2.29. The van der Waals surface area contributed by atoms with E-state index in [1.54, 1.807) is 4.68 Å². The van der Waals surface area contributed by atoms with E-state index >= 15 is 0 Å². The second-order valence-corrected chi connectivity index (χ2v) is 4.79. The average Bonchev–Trinajstić information content (AvgIpc) is 3.03. The monoisotopic (exact) mass is 258 g/mol. The highest BCUT2D eigenvalue weighted by molar-refractivity contribution is 7.71. The number of rotatable bonds is 2. The van der Waals surface area contributed by atoms with Crippen molar-refractivity contribution in [2.45, 2.75) is 25.7 Å². The third kappa shape index (κ3) is 2.13. The fraction of sp³-hybridized carbons (Fsp3) is 0.308. The van der Waals surface area contributed by atoms with Crippen LogP contribution in [-0.4, -0.2) is 20.6 Å². The minimum Gasteiger partial charge on any atom is -0.250 e. The largest absolute Gasteiger partial charge is 0.250 e. The second-order valence-electron chi connectivity index (χ2n) is 4.40. The standard InChI is InChI=1S/C13H14N4S/c18-13-15-14-12(10-6-2-1-3-7-10)17(13)16-11-8-4-5-9-11/h1-3,6-7H,4-5,8-9H2,(H,15,18). The average molecular weight is 258 g/mol. The zero-order valence-electron chi connectivity index (χ0n) is 9.97. The molecule has 1 aliphatic rings. The molecule has 1 aromatic heterocycles. The van der Waals surface area contributed by atoms with Crippen LogP contribution in [0.25, 0.3) is 11.4 Å². The molecule has 1 fully saturated rings. The van der Waals surface area contributed by atoms with E-state index < -0.39 is 0 Å². The number of H-pyrrole nitrogens is 1. The zero-order valence-corrected chi connectivity index (χ0v) is 10.8. The Bertz CT molecular complexity index is 616. The molecule has 92 valence electrons. The van der Waals surface area contributed by atoms with Crippen LogP contribution in [0.5, 0.6) is 0 Å². The van der Waals surface area contributed by atoms with E-state index in [0.717, 1.165) is 24.2 Å². The lowest BCUT2D eigenvalue weighted by atomic mass is 10.2. The van der Waals surface area contributed by atoms with E-state index in [4.69, 9.17) is 12.2 Å². The molecule has 3 rings (SSSR count). The Kier molecular flexibility index (Phi) is 3.06.